The summed E-state index contributed by atoms with van der Waals surface area (Å²) < 4.78 is 54.0. The number of hydrogen-bond donors (Lipinski definition) is 1. The second kappa shape index (κ2) is 8.86. The summed E-state index contributed by atoms with van der Waals surface area (Å²) in [7, 11) is -3.60. The Hall–Kier alpha value is -1.88. The number of halogens is 3. The van der Waals surface area contributed by atoms with Gasteiger partial charge in [0.1, 0.15) is 0 Å². The van der Waals surface area contributed by atoms with Gasteiger partial charge in [-0.3, -0.25) is 9.69 Å². The van der Waals surface area contributed by atoms with Gasteiger partial charge >= 0.3 is 0 Å². The van der Waals surface area contributed by atoms with Crippen LogP contribution in [0.25, 0.3) is 0 Å². The fourth-order valence-electron chi connectivity index (χ4n) is 3.07. The first-order valence-corrected chi connectivity index (χ1v) is 11.2. The molecule has 2 aromatic rings. The van der Waals surface area contributed by atoms with Crippen molar-refractivity contribution in [1.29, 1.82) is 0 Å². The molecule has 1 N–H and O–H groups in total. The van der Waals surface area contributed by atoms with Gasteiger partial charge in [0.05, 0.1) is 10.9 Å². The van der Waals surface area contributed by atoms with E-state index in [-0.39, 0.29) is 29.6 Å². The summed E-state index contributed by atoms with van der Waals surface area (Å²) >= 11 is 3.28. The van der Waals surface area contributed by atoms with Gasteiger partial charge in [0.15, 0.2) is 11.6 Å². The quantitative estimate of drug-likeness (QED) is 0.703. The van der Waals surface area contributed by atoms with Crippen molar-refractivity contribution in [3.05, 3.63) is 58.6 Å². The van der Waals surface area contributed by atoms with E-state index in [2.05, 4.69) is 21.2 Å². The van der Waals surface area contributed by atoms with Gasteiger partial charge in [0.25, 0.3) is 0 Å². The number of nitrogens with zero attached hydrogens (tertiary/aromatic N) is 2. The second-order valence-corrected chi connectivity index (χ2v) is 9.54. The molecule has 0 bridgehead atoms. The van der Waals surface area contributed by atoms with Crippen LogP contribution < -0.4 is 5.32 Å². The highest BCUT2D eigenvalue weighted by atomic mass is 79.9. The van der Waals surface area contributed by atoms with Crippen molar-refractivity contribution in [3.8, 4) is 0 Å². The molecule has 1 saturated heterocycles. The number of sulfonamides is 1. The minimum atomic E-state index is -3.60. The molecule has 0 aromatic heterocycles. The zero-order chi connectivity index (χ0) is 21.2. The molecule has 0 saturated carbocycles. The Balaban J connectivity index is 1.60. The van der Waals surface area contributed by atoms with Gasteiger partial charge in [-0.15, -0.1) is 0 Å². The predicted octanol–water partition coefficient (Wildman–Crippen LogP) is 3.06. The Kier molecular flexibility index (Phi) is 6.67. The van der Waals surface area contributed by atoms with Crippen molar-refractivity contribution in [1.82, 2.24) is 9.21 Å². The normalized spacial score (nSPS) is 17.1. The number of piperazine rings is 1. The third kappa shape index (κ3) is 5.00. The van der Waals surface area contributed by atoms with Crippen LogP contribution in [0, 0.1) is 11.6 Å². The fraction of sp³-hybridized carbons (Fsp3) is 0.316. The molecule has 10 heteroatoms. The molecular weight excluding hydrogens is 468 g/mol. The largest absolute Gasteiger partial charge is 0.325 e. The highest BCUT2D eigenvalue weighted by Crippen LogP contribution is 2.21. The van der Waals surface area contributed by atoms with Crippen LogP contribution >= 0.6 is 15.9 Å². The first kappa shape index (κ1) is 21.8. The molecule has 0 radical (unpaired) electrons. The minimum absolute atomic E-state index is 0.164. The molecule has 29 heavy (non-hydrogen) atoms. The van der Waals surface area contributed by atoms with E-state index < -0.39 is 27.7 Å². The number of anilines is 1. The number of nitrogens with one attached hydrogen (secondary N) is 1. The molecule has 1 fully saturated rings. The number of benzene rings is 2. The summed E-state index contributed by atoms with van der Waals surface area (Å²) in [5.74, 6) is -2.40. The summed E-state index contributed by atoms with van der Waals surface area (Å²) in [6, 6.07) is 9.03. The average molecular weight is 488 g/mol. The lowest BCUT2D eigenvalue weighted by Gasteiger charge is -2.36. The third-order valence-electron chi connectivity index (χ3n) is 4.84. The zero-order valence-corrected chi connectivity index (χ0v) is 18.0. The van der Waals surface area contributed by atoms with E-state index in [4.69, 9.17) is 0 Å². The molecule has 1 amide bonds. The number of rotatable bonds is 5. The summed E-state index contributed by atoms with van der Waals surface area (Å²) in [5, 5.41) is 2.56. The molecule has 6 nitrogen and oxygen atoms in total. The van der Waals surface area contributed by atoms with Crippen LogP contribution in [0.2, 0.25) is 0 Å². The topological polar surface area (TPSA) is 69.7 Å². The number of amides is 1. The summed E-state index contributed by atoms with van der Waals surface area (Å²) in [4.78, 5) is 14.5. The first-order valence-electron chi connectivity index (χ1n) is 8.94. The predicted molar refractivity (Wildman–Crippen MR) is 109 cm³/mol. The van der Waals surface area contributed by atoms with Crippen LogP contribution in [0.5, 0.6) is 0 Å². The minimum Gasteiger partial charge on any atom is -0.325 e. The summed E-state index contributed by atoms with van der Waals surface area (Å²) in [5.41, 5.74) is 0.164. The van der Waals surface area contributed by atoms with Gasteiger partial charge in [-0.25, -0.2) is 17.2 Å². The van der Waals surface area contributed by atoms with Crippen LogP contribution in [0.3, 0.4) is 0 Å². The maximum Gasteiger partial charge on any atom is 0.243 e. The van der Waals surface area contributed by atoms with Crippen LogP contribution in [-0.2, 0) is 14.8 Å². The monoisotopic (exact) mass is 487 g/mol. The van der Waals surface area contributed by atoms with Gasteiger partial charge in [-0.05, 0) is 43.3 Å². The van der Waals surface area contributed by atoms with E-state index in [0.29, 0.717) is 13.1 Å². The molecule has 1 heterocycles. The van der Waals surface area contributed by atoms with E-state index in [1.165, 1.54) is 10.4 Å². The maximum atomic E-state index is 13.3. The highest BCUT2D eigenvalue weighted by Gasteiger charge is 2.31. The Morgan fingerprint density at radius 3 is 2.24 bits per heavy atom. The zero-order valence-electron chi connectivity index (χ0n) is 15.6. The van der Waals surface area contributed by atoms with Crippen LogP contribution in [-0.4, -0.2) is 55.8 Å². The third-order valence-corrected chi connectivity index (χ3v) is 7.28. The molecule has 1 atom stereocenters. The van der Waals surface area contributed by atoms with Crippen molar-refractivity contribution in [2.75, 3.05) is 31.5 Å². The molecule has 0 spiro atoms. The second-order valence-electron chi connectivity index (χ2n) is 6.69. The number of carbonyl (C=O) groups is 1. The van der Waals surface area contributed by atoms with Crippen LogP contribution in [0.4, 0.5) is 14.5 Å². The van der Waals surface area contributed by atoms with E-state index in [9.17, 15) is 22.0 Å². The Labute approximate surface area is 176 Å². The smallest absolute Gasteiger partial charge is 0.243 e. The van der Waals surface area contributed by atoms with E-state index in [1.54, 1.807) is 31.2 Å². The molecule has 1 aliphatic heterocycles. The summed E-state index contributed by atoms with van der Waals surface area (Å²) in [6.07, 6.45) is 0. The van der Waals surface area contributed by atoms with E-state index in [0.717, 1.165) is 16.6 Å². The molecule has 0 aliphatic carbocycles. The van der Waals surface area contributed by atoms with Crippen molar-refractivity contribution in [2.45, 2.75) is 17.9 Å². The molecule has 1 unspecified atom stereocenters. The molecule has 1 aliphatic rings. The summed E-state index contributed by atoms with van der Waals surface area (Å²) in [6.45, 7) is 2.95. The average Bonchev–Trinajstić information content (AvgIpc) is 2.70. The van der Waals surface area contributed by atoms with E-state index >= 15 is 0 Å². The van der Waals surface area contributed by atoms with Gasteiger partial charge in [0, 0.05) is 42.4 Å². The first-order chi connectivity index (χ1) is 13.7. The van der Waals surface area contributed by atoms with Crippen molar-refractivity contribution < 1.29 is 22.0 Å². The Bertz CT molecular complexity index is 994. The maximum absolute atomic E-state index is 13.3. The van der Waals surface area contributed by atoms with Gasteiger partial charge < -0.3 is 5.32 Å². The number of carbonyl (C=O) groups excluding carboxylic acids is 1. The SMILES string of the molecule is CC(C(=O)Nc1ccc(F)c(F)c1)N1CCN(S(=O)(=O)c2ccc(Br)cc2)CC1. The molecule has 3 rings (SSSR count). The Morgan fingerprint density at radius 2 is 1.66 bits per heavy atom. The van der Waals surface area contributed by atoms with Crippen LogP contribution in [0.15, 0.2) is 51.8 Å². The lowest BCUT2D eigenvalue weighted by atomic mass is 10.2. The van der Waals surface area contributed by atoms with Crippen molar-refractivity contribution in [3.63, 3.8) is 0 Å². The Morgan fingerprint density at radius 1 is 1.03 bits per heavy atom. The molecular formula is C19H20BrF2N3O3S. The lowest BCUT2D eigenvalue weighted by molar-refractivity contribution is -0.121. The van der Waals surface area contributed by atoms with Gasteiger partial charge in [-0.1, -0.05) is 15.9 Å². The van der Waals surface area contributed by atoms with Gasteiger partial charge in [-0.2, -0.15) is 4.31 Å². The fourth-order valence-corrected chi connectivity index (χ4v) is 4.76. The molecule has 2 aromatic carbocycles. The van der Waals surface area contributed by atoms with Crippen molar-refractivity contribution >= 4 is 37.5 Å². The van der Waals surface area contributed by atoms with E-state index in [1.807, 2.05) is 4.90 Å². The number of hydrogen-bond acceptors (Lipinski definition) is 4. The molecule has 156 valence electrons. The lowest BCUT2D eigenvalue weighted by Crippen LogP contribution is -2.53. The van der Waals surface area contributed by atoms with Crippen LogP contribution in [0.1, 0.15) is 6.92 Å². The van der Waals surface area contributed by atoms with Gasteiger partial charge in [0.2, 0.25) is 15.9 Å². The standard InChI is InChI=1S/C19H20BrF2N3O3S/c1-13(19(26)23-15-4-7-17(21)18(22)12-15)24-8-10-25(11-9-24)29(27,28)16-5-2-14(20)3-6-16/h2-7,12-13H,8-11H2,1H3,(H,23,26). The highest BCUT2D eigenvalue weighted by molar-refractivity contribution is 9.10. The van der Waals surface area contributed by atoms with Crippen molar-refractivity contribution in [2.24, 2.45) is 0 Å².